The van der Waals surface area contributed by atoms with Crippen LogP contribution in [-0.4, -0.2) is 5.78 Å². The highest BCUT2D eigenvalue weighted by molar-refractivity contribution is 6.34. The van der Waals surface area contributed by atoms with Crippen LogP contribution in [0.1, 0.15) is 23.2 Å². The van der Waals surface area contributed by atoms with Crippen LogP contribution in [0.15, 0.2) is 18.2 Å². The van der Waals surface area contributed by atoms with Gasteiger partial charge in [-0.15, -0.1) is 12.3 Å². The maximum atomic E-state index is 12.9. The molecule has 0 atom stereocenters. The lowest BCUT2D eigenvalue weighted by molar-refractivity contribution is 0.0984. The van der Waals surface area contributed by atoms with E-state index in [4.69, 9.17) is 18.0 Å². The molecule has 0 spiro atoms. The zero-order chi connectivity index (χ0) is 10.6. The number of ketones is 1. The van der Waals surface area contributed by atoms with E-state index >= 15 is 0 Å². The summed E-state index contributed by atoms with van der Waals surface area (Å²) in [7, 11) is 0. The average Bonchev–Trinajstić information content (AvgIpc) is 2.18. The third kappa shape index (κ3) is 2.34. The Morgan fingerprint density at radius 3 is 2.93 bits per heavy atom. The van der Waals surface area contributed by atoms with E-state index in [1.165, 1.54) is 18.2 Å². The quantitative estimate of drug-likeness (QED) is 0.554. The molecule has 14 heavy (non-hydrogen) atoms. The SMILES string of the molecule is C#CCCC(=O)c1cccc(F)c1Cl. The Balaban J connectivity index is 2.91. The van der Waals surface area contributed by atoms with Crippen LogP contribution in [0.25, 0.3) is 0 Å². The van der Waals surface area contributed by atoms with Crippen LogP contribution in [-0.2, 0) is 0 Å². The lowest BCUT2D eigenvalue weighted by Crippen LogP contribution is -2.00. The summed E-state index contributed by atoms with van der Waals surface area (Å²) in [4.78, 5) is 11.4. The Kier molecular flexibility index (Phi) is 3.67. The molecule has 0 unspecified atom stereocenters. The molecule has 1 nitrogen and oxygen atoms in total. The molecule has 0 amide bonds. The van der Waals surface area contributed by atoms with Gasteiger partial charge < -0.3 is 0 Å². The molecule has 3 heteroatoms. The highest BCUT2D eigenvalue weighted by Gasteiger charge is 2.12. The van der Waals surface area contributed by atoms with Gasteiger partial charge in [0.15, 0.2) is 5.78 Å². The van der Waals surface area contributed by atoms with Crippen molar-refractivity contribution in [2.24, 2.45) is 0 Å². The molecule has 1 rings (SSSR count). The van der Waals surface area contributed by atoms with Gasteiger partial charge in [-0.2, -0.15) is 0 Å². The van der Waals surface area contributed by atoms with Crippen molar-refractivity contribution in [3.8, 4) is 12.3 Å². The van der Waals surface area contributed by atoms with Gasteiger partial charge in [0.1, 0.15) is 5.82 Å². The van der Waals surface area contributed by atoms with Crippen molar-refractivity contribution < 1.29 is 9.18 Å². The molecule has 0 bridgehead atoms. The van der Waals surface area contributed by atoms with E-state index in [-0.39, 0.29) is 22.8 Å². The minimum Gasteiger partial charge on any atom is -0.294 e. The van der Waals surface area contributed by atoms with Gasteiger partial charge in [-0.1, -0.05) is 17.7 Å². The molecule has 0 heterocycles. The number of carbonyl (C=O) groups is 1. The highest BCUT2D eigenvalue weighted by atomic mass is 35.5. The summed E-state index contributed by atoms with van der Waals surface area (Å²) in [6.45, 7) is 0. The van der Waals surface area contributed by atoms with E-state index in [0.717, 1.165) is 0 Å². The van der Waals surface area contributed by atoms with Crippen molar-refractivity contribution >= 4 is 17.4 Å². The first kappa shape index (κ1) is 10.7. The van der Waals surface area contributed by atoms with Crippen LogP contribution < -0.4 is 0 Å². The topological polar surface area (TPSA) is 17.1 Å². The Morgan fingerprint density at radius 2 is 2.29 bits per heavy atom. The summed E-state index contributed by atoms with van der Waals surface area (Å²) in [5.41, 5.74) is 0.196. The smallest absolute Gasteiger partial charge is 0.165 e. The van der Waals surface area contributed by atoms with Gasteiger partial charge in [0.25, 0.3) is 0 Å². The number of benzene rings is 1. The number of terminal acetylenes is 1. The summed E-state index contributed by atoms with van der Waals surface area (Å²) in [5, 5.41) is -0.130. The van der Waals surface area contributed by atoms with E-state index in [9.17, 15) is 9.18 Å². The number of carbonyl (C=O) groups excluding carboxylic acids is 1. The molecular weight excluding hydrogens is 203 g/mol. The first-order chi connectivity index (χ1) is 6.66. The Bertz CT molecular complexity index is 393. The van der Waals surface area contributed by atoms with E-state index < -0.39 is 5.82 Å². The first-order valence-corrected chi connectivity index (χ1v) is 4.45. The zero-order valence-electron chi connectivity index (χ0n) is 7.39. The van der Waals surface area contributed by atoms with Gasteiger partial charge in [-0.3, -0.25) is 4.79 Å². The van der Waals surface area contributed by atoms with Crippen LogP contribution in [0.5, 0.6) is 0 Å². The molecule has 1 aromatic carbocycles. The standard InChI is InChI=1S/C11H8ClFO/c1-2-3-7-10(14)8-5-4-6-9(13)11(8)12/h1,4-6H,3,7H2. The summed E-state index contributed by atoms with van der Waals surface area (Å²) in [5.74, 6) is 1.53. The predicted molar refractivity (Wildman–Crippen MR) is 53.8 cm³/mol. The van der Waals surface area contributed by atoms with Crippen molar-refractivity contribution in [1.82, 2.24) is 0 Å². The second-order valence-corrected chi connectivity index (χ2v) is 3.11. The van der Waals surface area contributed by atoms with Gasteiger partial charge in [0.05, 0.1) is 5.02 Å². The van der Waals surface area contributed by atoms with Gasteiger partial charge in [0.2, 0.25) is 0 Å². The first-order valence-electron chi connectivity index (χ1n) is 4.07. The molecule has 0 aromatic heterocycles. The molecule has 0 radical (unpaired) electrons. The molecular formula is C11H8ClFO. The lowest BCUT2D eigenvalue weighted by Gasteiger charge is -2.02. The Morgan fingerprint density at radius 1 is 1.57 bits per heavy atom. The van der Waals surface area contributed by atoms with Crippen LogP contribution in [0, 0.1) is 18.2 Å². The van der Waals surface area contributed by atoms with Crippen LogP contribution in [0.2, 0.25) is 5.02 Å². The second kappa shape index (κ2) is 4.78. The number of halogens is 2. The van der Waals surface area contributed by atoms with Crippen molar-refractivity contribution in [2.45, 2.75) is 12.8 Å². The Labute approximate surface area is 86.9 Å². The fourth-order valence-electron chi connectivity index (χ4n) is 1.04. The summed E-state index contributed by atoms with van der Waals surface area (Å²) < 4.78 is 12.9. The van der Waals surface area contributed by atoms with Crippen molar-refractivity contribution in [3.63, 3.8) is 0 Å². The third-order valence-corrected chi connectivity index (χ3v) is 2.13. The number of rotatable bonds is 3. The molecule has 0 aliphatic heterocycles. The van der Waals surface area contributed by atoms with Gasteiger partial charge >= 0.3 is 0 Å². The molecule has 0 fully saturated rings. The van der Waals surface area contributed by atoms with Crippen LogP contribution >= 0.6 is 11.6 Å². The van der Waals surface area contributed by atoms with Crippen LogP contribution in [0.4, 0.5) is 4.39 Å². The van der Waals surface area contributed by atoms with Gasteiger partial charge in [-0.05, 0) is 12.1 Å². The fraction of sp³-hybridized carbons (Fsp3) is 0.182. The van der Waals surface area contributed by atoms with Crippen molar-refractivity contribution in [1.29, 1.82) is 0 Å². The molecule has 0 aliphatic carbocycles. The van der Waals surface area contributed by atoms with E-state index in [2.05, 4.69) is 5.92 Å². The molecule has 0 aliphatic rings. The fourth-order valence-corrected chi connectivity index (χ4v) is 1.27. The Hall–Kier alpha value is -1.33. The maximum Gasteiger partial charge on any atom is 0.165 e. The highest BCUT2D eigenvalue weighted by Crippen LogP contribution is 2.21. The summed E-state index contributed by atoms with van der Waals surface area (Å²) in [6, 6.07) is 4.15. The lowest BCUT2D eigenvalue weighted by atomic mass is 10.1. The molecule has 1 aromatic rings. The molecule has 72 valence electrons. The molecule has 0 N–H and O–H groups in total. The van der Waals surface area contributed by atoms with Crippen LogP contribution in [0.3, 0.4) is 0 Å². The third-order valence-electron chi connectivity index (χ3n) is 1.75. The zero-order valence-corrected chi connectivity index (χ0v) is 8.14. The van der Waals surface area contributed by atoms with Crippen molar-refractivity contribution in [2.75, 3.05) is 0 Å². The van der Waals surface area contributed by atoms with E-state index in [0.29, 0.717) is 6.42 Å². The molecule has 0 saturated carbocycles. The number of hydrogen-bond donors (Lipinski definition) is 0. The monoisotopic (exact) mass is 210 g/mol. The van der Waals surface area contributed by atoms with Gasteiger partial charge in [0, 0.05) is 18.4 Å². The average molecular weight is 211 g/mol. The van der Waals surface area contributed by atoms with Gasteiger partial charge in [-0.25, -0.2) is 4.39 Å². The van der Waals surface area contributed by atoms with Crippen molar-refractivity contribution in [3.05, 3.63) is 34.6 Å². The van der Waals surface area contributed by atoms with E-state index in [1.54, 1.807) is 0 Å². The van der Waals surface area contributed by atoms with E-state index in [1.807, 2.05) is 0 Å². The predicted octanol–water partition coefficient (Wildman–Crippen LogP) is 3.08. The molecule has 0 saturated heterocycles. The number of Topliss-reactive ketones (excluding diaryl/α,β-unsaturated/α-hetero) is 1. The second-order valence-electron chi connectivity index (χ2n) is 2.73. The minimum absolute atomic E-state index is 0.130. The summed E-state index contributed by atoms with van der Waals surface area (Å²) >= 11 is 5.62. The normalized spacial score (nSPS) is 9.50. The maximum absolute atomic E-state index is 12.9. The number of hydrogen-bond acceptors (Lipinski definition) is 1. The largest absolute Gasteiger partial charge is 0.294 e. The minimum atomic E-state index is -0.585. The summed E-state index contributed by atoms with van der Waals surface area (Å²) in [6.07, 6.45) is 5.55.